The number of sulfone groups is 1. The van der Waals surface area contributed by atoms with Crippen LogP contribution < -0.4 is 4.74 Å². The molecule has 3 rings (SSSR count). The number of hydrogen-bond donors (Lipinski definition) is 0. The highest BCUT2D eigenvalue weighted by Crippen LogP contribution is 2.32. The number of hydrogen-bond acceptors (Lipinski definition) is 7. The minimum atomic E-state index is -3.46. The molecular weight excluding hydrogens is 426 g/mol. The molecule has 0 aliphatic heterocycles. The molecule has 0 unspecified atom stereocenters. The molecule has 0 aliphatic carbocycles. The van der Waals surface area contributed by atoms with E-state index in [-0.39, 0.29) is 22.8 Å². The molecule has 0 atom stereocenters. The summed E-state index contributed by atoms with van der Waals surface area (Å²) in [5.74, 6) is 2.16. The summed E-state index contributed by atoms with van der Waals surface area (Å²) in [6.45, 7) is 4.18. The maximum Gasteiger partial charge on any atom is 0.200 e. The number of oxazole rings is 1. The van der Waals surface area contributed by atoms with Gasteiger partial charge in [0.05, 0.1) is 0 Å². The van der Waals surface area contributed by atoms with Crippen LogP contribution in [0.5, 0.6) is 5.75 Å². The number of rotatable bonds is 9. The van der Waals surface area contributed by atoms with Gasteiger partial charge in [-0.1, -0.05) is 26.0 Å². The van der Waals surface area contributed by atoms with E-state index in [1.165, 1.54) is 0 Å². The third kappa shape index (κ3) is 5.17. The van der Waals surface area contributed by atoms with Crippen molar-refractivity contribution in [1.82, 2.24) is 15.0 Å². The molecule has 9 heteroatoms. The normalized spacial score (nSPS) is 12.1. The molecule has 160 valence electrons. The number of aromatic nitrogens is 3. The second kappa shape index (κ2) is 9.14. The lowest BCUT2D eigenvalue weighted by atomic mass is 9.79. The fourth-order valence-electron chi connectivity index (χ4n) is 2.97. The zero-order valence-electron chi connectivity index (χ0n) is 17.1. The highest BCUT2D eigenvalue weighted by molar-refractivity contribution is 7.90. The Balaban J connectivity index is 1.69. The fraction of sp³-hybridized carbons (Fsp3) is 0.381. The van der Waals surface area contributed by atoms with Gasteiger partial charge >= 0.3 is 0 Å². The third-order valence-electron chi connectivity index (χ3n) is 4.86. The van der Waals surface area contributed by atoms with Gasteiger partial charge in [-0.3, -0.25) is 0 Å². The summed E-state index contributed by atoms with van der Waals surface area (Å²) >= 11 is 5.73. The summed E-state index contributed by atoms with van der Waals surface area (Å²) in [6, 6.07) is 7.61. The summed E-state index contributed by atoms with van der Waals surface area (Å²) in [6.07, 6.45) is 7.52. The molecule has 1 aromatic carbocycles. The van der Waals surface area contributed by atoms with Crippen LogP contribution in [0.25, 0.3) is 0 Å². The van der Waals surface area contributed by atoms with Crippen molar-refractivity contribution in [2.45, 2.75) is 43.7 Å². The number of benzene rings is 1. The van der Waals surface area contributed by atoms with Crippen LogP contribution in [0, 0.1) is 0 Å². The van der Waals surface area contributed by atoms with Crippen molar-refractivity contribution in [3.05, 3.63) is 65.8 Å². The van der Waals surface area contributed by atoms with Crippen LogP contribution >= 0.6 is 11.6 Å². The van der Waals surface area contributed by atoms with E-state index in [1.54, 1.807) is 0 Å². The van der Waals surface area contributed by atoms with Gasteiger partial charge in [-0.25, -0.2) is 23.4 Å². The molecule has 2 heterocycles. The van der Waals surface area contributed by atoms with E-state index in [4.69, 9.17) is 20.8 Å². The molecule has 0 bridgehead atoms. The highest BCUT2D eigenvalue weighted by Gasteiger charge is 2.24. The van der Waals surface area contributed by atoms with Crippen molar-refractivity contribution in [3.63, 3.8) is 0 Å². The maximum absolute atomic E-state index is 11.7. The van der Waals surface area contributed by atoms with Crippen molar-refractivity contribution >= 4 is 21.4 Å². The first-order chi connectivity index (χ1) is 14.2. The van der Waals surface area contributed by atoms with Gasteiger partial charge in [0.25, 0.3) is 0 Å². The quantitative estimate of drug-likeness (QED) is 0.456. The van der Waals surface area contributed by atoms with E-state index in [9.17, 15) is 8.42 Å². The van der Waals surface area contributed by atoms with Crippen molar-refractivity contribution in [3.8, 4) is 5.75 Å². The van der Waals surface area contributed by atoms with Crippen LogP contribution in [0.1, 0.15) is 43.0 Å². The first kappa shape index (κ1) is 22.2. The lowest BCUT2D eigenvalue weighted by Crippen LogP contribution is -2.20. The molecule has 0 aliphatic rings. The summed E-state index contributed by atoms with van der Waals surface area (Å²) in [5.41, 5.74) is 1.78. The third-order valence-corrected chi connectivity index (χ3v) is 6.16. The Bertz CT molecular complexity index is 1080. The molecule has 7 nitrogen and oxygen atoms in total. The zero-order chi connectivity index (χ0) is 21.8. The molecule has 0 spiro atoms. The number of halogens is 1. The summed E-state index contributed by atoms with van der Waals surface area (Å²) in [5, 5.41) is -0.102. The lowest BCUT2D eigenvalue weighted by Gasteiger charge is -2.25. The summed E-state index contributed by atoms with van der Waals surface area (Å²) in [4.78, 5) is 12.7. The van der Waals surface area contributed by atoms with Gasteiger partial charge in [-0.05, 0) is 29.7 Å². The van der Waals surface area contributed by atoms with Gasteiger partial charge in [-0.2, -0.15) is 0 Å². The van der Waals surface area contributed by atoms with Crippen LogP contribution in [0.4, 0.5) is 0 Å². The Hall–Kier alpha value is -2.45. The van der Waals surface area contributed by atoms with Gasteiger partial charge in [-0.15, -0.1) is 11.6 Å². The molecule has 3 aromatic rings. The number of alkyl halides is 1. The molecule has 0 saturated carbocycles. The highest BCUT2D eigenvalue weighted by atomic mass is 35.5. The van der Waals surface area contributed by atoms with E-state index in [0.29, 0.717) is 11.6 Å². The van der Waals surface area contributed by atoms with Crippen LogP contribution in [0.2, 0.25) is 0 Å². The van der Waals surface area contributed by atoms with E-state index in [2.05, 4.69) is 28.8 Å². The van der Waals surface area contributed by atoms with E-state index in [0.717, 1.165) is 42.4 Å². The molecule has 30 heavy (non-hydrogen) atoms. The molecular formula is C21H24ClN3O4S. The number of nitrogens with zero attached hydrogens (tertiary/aromatic N) is 3. The number of aryl methyl sites for hydroxylation is 1. The van der Waals surface area contributed by atoms with Crippen LogP contribution in [-0.2, 0) is 28.3 Å². The average Bonchev–Trinajstić information content (AvgIpc) is 3.21. The van der Waals surface area contributed by atoms with E-state index < -0.39 is 9.84 Å². The minimum absolute atomic E-state index is 0.0251. The molecule has 2 aromatic heterocycles. The predicted molar refractivity (Wildman–Crippen MR) is 114 cm³/mol. The Kier molecular flexibility index (Phi) is 6.77. The van der Waals surface area contributed by atoms with Gasteiger partial charge in [0.2, 0.25) is 0 Å². The van der Waals surface area contributed by atoms with Gasteiger partial charge in [0.1, 0.15) is 18.2 Å². The SMILES string of the molecule is CC(C)(c1ccc(OCc2ocnc2S(C)(=O)=O)cc1)c1cnc(CCCCl)nc1. The molecule has 0 fully saturated rings. The van der Waals surface area contributed by atoms with E-state index >= 15 is 0 Å². The van der Waals surface area contributed by atoms with E-state index in [1.807, 2.05) is 36.7 Å². The monoisotopic (exact) mass is 449 g/mol. The van der Waals surface area contributed by atoms with Crippen molar-refractivity contribution in [2.24, 2.45) is 0 Å². The topological polar surface area (TPSA) is 95.2 Å². The Morgan fingerprint density at radius 2 is 1.73 bits per heavy atom. The van der Waals surface area contributed by atoms with Crippen LogP contribution in [-0.4, -0.2) is 35.5 Å². The first-order valence-corrected chi connectivity index (χ1v) is 11.9. The molecule has 0 amide bonds. The largest absolute Gasteiger partial charge is 0.486 e. The fourth-order valence-corrected chi connectivity index (χ4v) is 3.86. The Morgan fingerprint density at radius 1 is 1.07 bits per heavy atom. The van der Waals surface area contributed by atoms with Gasteiger partial charge in [0.15, 0.2) is 27.0 Å². The second-order valence-corrected chi connectivity index (χ2v) is 9.78. The van der Waals surface area contributed by atoms with Crippen LogP contribution in [0.3, 0.4) is 0 Å². The summed E-state index contributed by atoms with van der Waals surface area (Å²) < 4.78 is 34.2. The zero-order valence-corrected chi connectivity index (χ0v) is 18.7. The van der Waals surface area contributed by atoms with Crippen molar-refractivity contribution < 1.29 is 17.6 Å². The Labute approximate surface area is 181 Å². The number of ether oxygens (including phenoxy) is 1. The second-order valence-electron chi connectivity index (χ2n) is 7.47. The average molecular weight is 450 g/mol. The molecule has 0 radical (unpaired) electrons. The smallest absolute Gasteiger partial charge is 0.200 e. The summed E-state index contributed by atoms with van der Waals surface area (Å²) in [7, 11) is -3.46. The maximum atomic E-state index is 11.7. The van der Waals surface area contributed by atoms with Crippen LogP contribution in [0.15, 0.2) is 52.5 Å². The Morgan fingerprint density at radius 3 is 2.33 bits per heavy atom. The standard InChI is InChI=1S/C21H24ClN3O4S/c1-21(2,16-11-23-19(24-12-16)5-4-10-22)15-6-8-17(9-7-15)28-13-18-20(25-14-29-18)30(3,26)27/h6-9,11-12,14H,4-5,10,13H2,1-3H3. The lowest BCUT2D eigenvalue weighted by molar-refractivity contribution is 0.265. The van der Waals surface area contributed by atoms with Gasteiger partial charge < -0.3 is 9.15 Å². The molecule has 0 N–H and O–H groups in total. The first-order valence-electron chi connectivity index (χ1n) is 9.45. The van der Waals surface area contributed by atoms with Gasteiger partial charge in [0, 0.05) is 36.4 Å². The molecule has 0 saturated heterocycles. The van der Waals surface area contributed by atoms with Crippen molar-refractivity contribution in [1.29, 1.82) is 0 Å². The van der Waals surface area contributed by atoms with Crippen molar-refractivity contribution in [2.75, 3.05) is 12.1 Å². The minimum Gasteiger partial charge on any atom is -0.486 e. The predicted octanol–water partition coefficient (Wildman–Crippen LogP) is 3.94.